The number of hydrogen-bond acceptors (Lipinski definition) is 3. The first-order valence-corrected chi connectivity index (χ1v) is 7.63. The Labute approximate surface area is 142 Å². The Bertz CT molecular complexity index is 944. The van der Waals surface area contributed by atoms with Crippen molar-refractivity contribution in [3.05, 3.63) is 71.9 Å². The zero-order valence-electron chi connectivity index (χ0n) is 13.1. The second-order valence-electron chi connectivity index (χ2n) is 5.65. The van der Waals surface area contributed by atoms with Crippen LogP contribution in [0.4, 0.5) is 0 Å². The van der Waals surface area contributed by atoms with Crippen molar-refractivity contribution < 1.29 is 24.6 Å². The van der Waals surface area contributed by atoms with Crippen molar-refractivity contribution in [2.75, 3.05) is 0 Å². The fourth-order valence-corrected chi connectivity index (χ4v) is 2.80. The van der Waals surface area contributed by atoms with E-state index >= 15 is 0 Å². The summed E-state index contributed by atoms with van der Waals surface area (Å²) < 4.78 is 1.43. The Morgan fingerprint density at radius 2 is 1.48 bits per heavy atom. The number of carbonyl (C=O) groups excluding carboxylic acids is 1. The summed E-state index contributed by atoms with van der Waals surface area (Å²) in [7, 11) is 0. The fourth-order valence-electron chi connectivity index (χ4n) is 2.80. The Morgan fingerprint density at radius 1 is 0.880 bits per heavy atom. The molecule has 0 amide bonds. The van der Waals surface area contributed by atoms with Gasteiger partial charge in [0, 0.05) is 17.1 Å². The van der Waals surface area contributed by atoms with E-state index < -0.39 is 17.9 Å². The number of fused-ring (bicyclic) bond motifs is 1. The van der Waals surface area contributed by atoms with Crippen molar-refractivity contribution in [3.63, 3.8) is 0 Å². The van der Waals surface area contributed by atoms with Crippen molar-refractivity contribution in [1.82, 2.24) is 4.57 Å². The zero-order chi connectivity index (χ0) is 18.0. The highest BCUT2D eigenvalue weighted by atomic mass is 16.4. The van der Waals surface area contributed by atoms with E-state index in [2.05, 4.69) is 0 Å². The number of carboxylic acid groups (broad SMARTS) is 2. The number of aliphatic carboxylic acids is 2. The molecule has 25 heavy (non-hydrogen) atoms. The topological polar surface area (TPSA) is 96.6 Å². The van der Waals surface area contributed by atoms with Crippen LogP contribution in [0, 0.1) is 5.92 Å². The third kappa shape index (κ3) is 3.14. The SMILES string of the molecule is O=C(O)C(Cc1cn(C(=O)c2ccccc2)c2ccccc12)C(=O)O. The summed E-state index contributed by atoms with van der Waals surface area (Å²) in [4.78, 5) is 35.1. The summed E-state index contributed by atoms with van der Waals surface area (Å²) in [5.41, 5.74) is 1.61. The van der Waals surface area contributed by atoms with E-state index in [1.54, 1.807) is 54.6 Å². The van der Waals surface area contributed by atoms with E-state index in [9.17, 15) is 14.4 Å². The number of rotatable bonds is 5. The van der Waals surface area contributed by atoms with E-state index in [-0.39, 0.29) is 12.3 Å². The number of nitrogens with zero attached hydrogens (tertiary/aromatic N) is 1. The fraction of sp³-hybridized carbons (Fsp3) is 0.105. The molecule has 0 aliphatic heterocycles. The number of benzene rings is 2. The molecule has 0 saturated carbocycles. The third-order valence-corrected chi connectivity index (χ3v) is 4.05. The maximum Gasteiger partial charge on any atom is 0.318 e. The van der Waals surface area contributed by atoms with Crippen LogP contribution in [0.5, 0.6) is 0 Å². The maximum atomic E-state index is 12.8. The van der Waals surface area contributed by atoms with Gasteiger partial charge in [0.05, 0.1) is 5.52 Å². The Morgan fingerprint density at radius 3 is 2.12 bits per heavy atom. The van der Waals surface area contributed by atoms with Gasteiger partial charge in [-0.2, -0.15) is 0 Å². The molecule has 0 bridgehead atoms. The average Bonchev–Trinajstić information content (AvgIpc) is 2.98. The first-order chi connectivity index (χ1) is 12.0. The lowest BCUT2D eigenvalue weighted by Gasteiger charge is -2.06. The average molecular weight is 337 g/mol. The molecule has 0 radical (unpaired) electrons. The van der Waals surface area contributed by atoms with Crippen LogP contribution in [0.2, 0.25) is 0 Å². The maximum absolute atomic E-state index is 12.8. The molecule has 0 fully saturated rings. The molecular formula is C19H15NO5. The smallest absolute Gasteiger partial charge is 0.318 e. The van der Waals surface area contributed by atoms with Crippen LogP contribution in [0.3, 0.4) is 0 Å². The van der Waals surface area contributed by atoms with Gasteiger partial charge in [-0.3, -0.25) is 19.0 Å². The molecular weight excluding hydrogens is 322 g/mol. The molecule has 2 N–H and O–H groups in total. The van der Waals surface area contributed by atoms with E-state index in [0.717, 1.165) is 0 Å². The predicted octanol–water partition coefficient (Wildman–Crippen LogP) is 2.66. The van der Waals surface area contributed by atoms with Crippen LogP contribution < -0.4 is 0 Å². The molecule has 0 atom stereocenters. The monoisotopic (exact) mass is 337 g/mol. The molecule has 6 nitrogen and oxygen atoms in total. The van der Waals surface area contributed by atoms with Crippen LogP contribution in [-0.2, 0) is 16.0 Å². The van der Waals surface area contributed by atoms with Crippen molar-refractivity contribution in [1.29, 1.82) is 0 Å². The number of hydrogen-bond donors (Lipinski definition) is 2. The van der Waals surface area contributed by atoms with Crippen LogP contribution >= 0.6 is 0 Å². The summed E-state index contributed by atoms with van der Waals surface area (Å²) in [5.74, 6) is -4.63. The molecule has 3 rings (SSSR count). The molecule has 0 saturated heterocycles. The van der Waals surface area contributed by atoms with Crippen LogP contribution in [0.1, 0.15) is 15.9 Å². The van der Waals surface area contributed by atoms with E-state index in [1.807, 2.05) is 0 Å². The van der Waals surface area contributed by atoms with Crippen molar-refractivity contribution >= 4 is 28.7 Å². The van der Waals surface area contributed by atoms with Gasteiger partial charge in [0.25, 0.3) is 5.91 Å². The summed E-state index contributed by atoms with van der Waals surface area (Å²) in [5, 5.41) is 18.9. The standard InChI is InChI=1S/C19H15NO5/c21-17(12-6-2-1-3-7-12)20-11-13(10-15(18(22)23)19(24)25)14-8-4-5-9-16(14)20/h1-9,11,15H,10H2,(H,22,23)(H,24,25). The highest BCUT2D eigenvalue weighted by Crippen LogP contribution is 2.25. The zero-order valence-corrected chi connectivity index (χ0v) is 13.1. The molecule has 126 valence electrons. The van der Waals surface area contributed by atoms with Gasteiger partial charge in [0.1, 0.15) is 0 Å². The lowest BCUT2D eigenvalue weighted by molar-refractivity contribution is -0.154. The molecule has 0 aliphatic carbocycles. The van der Waals surface area contributed by atoms with E-state index in [1.165, 1.54) is 10.8 Å². The van der Waals surface area contributed by atoms with E-state index in [4.69, 9.17) is 10.2 Å². The molecule has 6 heteroatoms. The molecule has 1 heterocycles. The first kappa shape index (κ1) is 16.4. The van der Waals surface area contributed by atoms with Gasteiger partial charge < -0.3 is 10.2 Å². The number of aromatic nitrogens is 1. The summed E-state index contributed by atoms with van der Waals surface area (Å²) in [6.07, 6.45) is 1.33. The Hall–Kier alpha value is -3.41. The summed E-state index contributed by atoms with van der Waals surface area (Å²) >= 11 is 0. The van der Waals surface area contributed by atoms with Crippen molar-refractivity contribution in [2.45, 2.75) is 6.42 Å². The highest BCUT2D eigenvalue weighted by Gasteiger charge is 2.28. The molecule has 0 aliphatic rings. The molecule has 2 aromatic carbocycles. The van der Waals surface area contributed by atoms with Crippen molar-refractivity contribution in [3.8, 4) is 0 Å². The van der Waals surface area contributed by atoms with Crippen LogP contribution in [-0.4, -0.2) is 32.6 Å². The van der Waals surface area contributed by atoms with E-state index in [0.29, 0.717) is 22.0 Å². The first-order valence-electron chi connectivity index (χ1n) is 7.63. The van der Waals surface area contributed by atoms with Crippen LogP contribution in [0.15, 0.2) is 60.8 Å². The molecule has 0 unspecified atom stereocenters. The predicted molar refractivity (Wildman–Crippen MR) is 90.6 cm³/mol. The minimum absolute atomic E-state index is 0.194. The van der Waals surface area contributed by atoms with Gasteiger partial charge in [-0.15, -0.1) is 0 Å². The second-order valence-corrected chi connectivity index (χ2v) is 5.65. The highest BCUT2D eigenvalue weighted by molar-refractivity contribution is 6.03. The summed E-state index contributed by atoms with van der Waals surface area (Å²) in [6.45, 7) is 0. The second kappa shape index (κ2) is 6.60. The lowest BCUT2D eigenvalue weighted by Crippen LogP contribution is -2.25. The minimum Gasteiger partial charge on any atom is -0.481 e. The van der Waals surface area contributed by atoms with Crippen molar-refractivity contribution in [2.24, 2.45) is 5.92 Å². The normalized spacial score (nSPS) is 10.9. The van der Waals surface area contributed by atoms with Gasteiger partial charge in [-0.05, 0) is 30.2 Å². The van der Waals surface area contributed by atoms with Gasteiger partial charge in [0.15, 0.2) is 5.92 Å². The van der Waals surface area contributed by atoms with Gasteiger partial charge in [0.2, 0.25) is 0 Å². The summed E-state index contributed by atoms with van der Waals surface area (Å²) in [6, 6.07) is 15.7. The van der Waals surface area contributed by atoms with Crippen LogP contribution in [0.25, 0.3) is 10.9 Å². The number of carboxylic acids is 2. The Balaban J connectivity index is 2.09. The largest absolute Gasteiger partial charge is 0.481 e. The van der Waals surface area contributed by atoms with Gasteiger partial charge >= 0.3 is 11.9 Å². The minimum atomic E-state index is -1.56. The quantitative estimate of drug-likeness (QED) is 0.698. The lowest BCUT2D eigenvalue weighted by atomic mass is 9.99. The third-order valence-electron chi connectivity index (χ3n) is 4.05. The molecule has 0 spiro atoms. The molecule has 3 aromatic rings. The van der Waals surface area contributed by atoms with Gasteiger partial charge in [-0.1, -0.05) is 36.4 Å². The molecule has 1 aromatic heterocycles. The number of carbonyl (C=O) groups is 3. The Kier molecular flexibility index (Phi) is 4.35. The van der Waals surface area contributed by atoms with Gasteiger partial charge in [-0.25, -0.2) is 0 Å². The number of para-hydroxylation sites is 1.